The van der Waals surface area contributed by atoms with Crippen LogP contribution in [-0.2, 0) is 6.54 Å². The largest absolute Gasteiger partial charge is 0.496 e. The van der Waals surface area contributed by atoms with Gasteiger partial charge in [0.1, 0.15) is 5.75 Å². The molecule has 94 valence electrons. The van der Waals surface area contributed by atoms with E-state index in [1.54, 1.807) is 13.3 Å². The van der Waals surface area contributed by atoms with Crippen LogP contribution in [0.4, 0.5) is 5.69 Å². The molecule has 0 aliphatic carbocycles. The van der Waals surface area contributed by atoms with E-state index in [-0.39, 0.29) is 0 Å². The van der Waals surface area contributed by atoms with Gasteiger partial charge in [-0.25, -0.2) is 0 Å². The zero-order chi connectivity index (χ0) is 13.0. The Morgan fingerprint density at radius 2 is 2.11 bits per heavy atom. The molecule has 1 heterocycles. The molecule has 0 bridgehead atoms. The average molecular weight is 263 g/mol. The van der Waals surface area contributed by atoms with Crippen LogP contribution in [0.5, 0.6) is 5.75 Å². The first kappa shape index (κ1) is 12.7. The number of hydrogen-bond donors (Lipinski definition) is 1. The lowest BCUT2D eigenvalue weighted by Crippen LogP contribution is -2.04. The summed E-state index contributed by atoms with van der Waals surface area (Å²) in [6.45, 7) is 2.57. The van der Waals surface area contributed by atoms with Crippen molar-refractivity contribution in [2.24, 2.45) is 0 Å². The minimum Gasteiger partial charge on any atom is -0.496 e. The van der Waals surface area contributed by atoms with Crippen LogP contribution in [0.3, 0.4) is 0 Å². The van der Waals surface area contributed by atoms with Crippen molar-refractivity contribution in [3.63, 3.8) is 0 Å². The van der Waals surface area contributed by atoms with Gasteiger partial charge in [0.25, 0.3) is 0 Å². The molecule has 0 spiro atoms. The smallest absolute Gasteiger partial charge is 0.125 e. The second-order valence-electron chi connectivity index (χ2n) is 3.91. The summed E-state index contributed by atoms with van der Waals surface area (Å²) in [6.07, 6.45) is 1.77. The number of aromatic nitrogens is 1. The van der Waals surface area contributed by atoms with Gasteiger partial charge in [-0.05, 0) is 31.2 Å². The van der Waals surface area contributed by atoms with Gasteiger partial charge in [0.2, 0.25) is 0 Å². The Hall–Kier alpha value is -1.74. The maximum absolute atomic E-state index is 6.18. The van der Waals surface area contributed by atoms with Crippen molar-refractivity contribution in [3.05, 3.63) is 52.8 Å². The molecule has 0 amide bonds. The topological polar surface area (TPSA) is 34.1 Å². The number of hydrogen-bond acceptors (Lipinski definition) is 3. The van der Waals surface area contributed by atoms with E-state index < -0.39 is 0 Å². The molecule has 0 aliphatic rings. The van der Waals surface area contributed by atoms with Gasteiger partial charge in [0.15, 0.2) is 0 Å². The SMILES string of the molecule is COc1cccc(Cl)c1CNc1cccnc1C. The quantitative estimate of drug-likeness (QED) is 0.913. The van der Waals surface area contributed by atoms with Gasteiger partial charge in [-0.3, -0.25) is 4.98 Å². The third kappa shape index (κ3) is 2.74. The molecule has 1 aromatic carbocycles. The fourth-order valence-electron chi connectivity index (χ4n) is 1.76. The summed E-state index contributed by atoms with van der Waals surface area (Å²) < 4.78 is 5.30. The van der Waals surface area contributed by atoms with E-state index in [2.05, 4.69) is 10.3 Å². The van der Waals surface area contributed by atoms with Crippen LogP contribution in [0.15, 0.2) is 36.5 Å². The lowest BCUT2D eigenvalue weighted by molar-refractivity contribution is 0.410. The van der Waals surface area contributed by atoms with Crippen LogP contribution in [0.25, 0.3) is 0 Å². The van der Waals surface area contributed by atoms with E-state index >= 15 is 0 Å². The van der Waals surface area contributed by atoms with Crippen molar-refractivity contribution >= 4 is 17.3 Å². The van der Waals surface area contributed by atoms with E-state index in [0.29, 0.717) is 11.6 Å². The van der Waals surface area contributed by atoms with Crippen LogP contribution in [0.2, 0.25) is 5.02 Å². The number of nitrogens with one attached hydrogen (secondary N) is 1. The Morgan fingerprint density at radius 3 is 2.83 bits per heavy atom. The van der Waals surface area contributed by atoms with Gasteiger partial charge < -0.3 is 10.1 Å². The molecule has 2 aromatic rings. The van der Waals surface area contributed by atoms with Crippen LogP contribution >= 0.6 is 11.6 Å². The van der Waals surface area contributed by atoms with Crippen LogP contribution < -0.4 is 10.1 Å². The first-order chi connectivity index (χ1) is 8.72. The fraction of sp³-hybridized carbons (Fsp3) is 0.214. The zero-order valence-corrected chi connectivity index (χ0v) is 11.2. The molecular formula is C14H15ClN2O. The summed E-state index contributed by atoms with van der Waals surface area (Å²) in [5.41, 5.74) is 2.91. The number of rotatable bonds is 4. The normalized spacial score (nSPS) is 10.2. The molecule has 0 saturated heterocycles. The summed E-state index contributed by atoms with van der Waals surface area (Å²) in [6, 6.07) is 9.53. The monoisotopic (exact) mass is 262 g/mol. The first-order valence-electron chi connectivity index (χ1n) is 5.69. The average Bonchev–Trinajstić information content (AvgIpc) is 2.39. The van der Waals surface area contributed by atoms with Crippen molar-refractivity contribution in [2.75, 3.05) is 12.4 Å². The maximum atomic E-state index is 6.18. The lowest BCUT2D eigenvalue weighted by Gasteiger charge is -2.13. The lowest BCUT2D eigenvalue weighted by atomic mass is 10.2. The third-order valence-electron chi connectivity index (χ3n) is 2.76. The first-order valence-corrected chi connectivity index (χ1v) is 6.07. The van der Waals surface area contributed by atoms with E-state index in [1.165, 1.54) is 0 Å². The zero-order valence-electron chi connectivity index (χ0n) is 10.4. The Kier molecular flexibility index (Phi) is 4.05. The molecule has 3 nitrogen and oxygen atoms in total. The van der Waals surface area contributed by atoms with Crippen LogP contribution in [-0.4, -0.2) is 12.1 Å². The summed E-state index contributed by atoms with van der Waals surface area (Å²) in [7, 11) is 1.64. The molecule has 0 atom stereocenters. The fourth-order valence-corrected chi connectivity index (χ4v) is 1.99. The Bertz CT molecular complexity index is 543. The summed E-state index contributed by atoms with van der Waals surface area (Å²) in [5, 5.41) is 4.02. The number of anilines is 1. The molecule has 0 saturated carbocycles. The number of halogens is 1. The highest BCUT2D eigenvalue weighted by atomic mass is 35.5. The number of methoxy groups -OCH3 is 1. The Morgan fingerprint density at radius 1 is 1.28 bits per heavy atom. The van der Waals surface area contributed by atoms with Gasteiger partial charge in [-0.1, -0.05) is 17.7 Å². The van der Waals surface area contributed by atoms with Gasteiger partial charge in [0, 0.05) is 23.3 Å². The number of nitrogens with zero attached hydrogens (tertiary/aromatic N) is 1. The van der Waals surface area contributed by atoms with E-state index in [4.69, 9.17) is 16.3 Å². The summed E-state index contributed by atoms with van der Waals surface area (Å²) in [4.78, 5) is 4.23. The van der Waals surface area contributed by atoms with Gasteiger partial charge in [-0.15, -0.1) is 0 Å². The van der Waals surface area contributed by atoms with Crippen molar-refractivity contribution in [1.29, 1.82) is 0 Å². The molecule has 1 N–H and O–H groups in total. The third-order valence-corrected chi connectivity index (χ3v) is 3.11. The Labute approximate surface area is 112 Å². The van der Waals surface area contributed by atoms with Gasteiger partial charge in [-0.2, -0.15) is 0 Å². The minimum atomic E-state index is 0.607. The van der Waals surface area contributed by atoms with Crippen molar-refractivity contribution in [1.82, 2.24) is 4.98 Å². The second-order valence-corrected chi connectivity index (χ2v) is 4.32. The predicted molar refractivity (Wildman–Crippen MR) is 74.3 cm³/mol. The van der Waals surface area contributed by atoms with E-state index in [1.807, 2.05) is 37.3 Å². The van der Waals surface area contributed by atoms with Crippen LogP contribution in [0.1, 0.15) is 11.3 Å². The maximum Gasteiger partial charge on any atom is 0.125 e. The molecule has 0 radical (unpaired) electrons. The van der Waals surface area contributed by atoms with Crippen molar-refractivity contribution in [2.45, 2.75) is 13.5 Å². The van der Waals surface area contributed by atoms with Gasteiger partial charge >= 0.3 is 0 Å². The number of benzene rings is 1. The number of ether oxygens (including phenoxy) is 1. The number of pyridine rings is 1. The van der Waals surface area contributed by atoms with Gasteiger partial charge in [0.05, 0.1) is 18.5 Å². The Balaban J connectivity index is 2.18. The van der Waals surface area contributed by atoms with E-state index in [0.717, 1.165) is 22.7 Å². The highest BCUT2D eigenvalue weighted by Gasteiger charge is 2.07. The van der Waals surface area contributed by atoms with Crippen LogP contribution in [0, 0.1) is 6.92 Å². The highest BCUT2D eigenvalue weighted by Crippen LogP contribution is 2.27. The predicted octanol–water partition coefficient (Wildman–Crippen LogP) is 3.66. The number of aryl methyl sites for hydroxylation is 1. The molecule has 18 heavy (non-hydrogen) atoms. The molecule has 4 heteroatoms. The highest BCUT2D eigenvalue weighted by molar-refractivity contribution is 6.31. The van der Waals surface area contributed by atoms with E-state index in [9.17, 15) is 0 Å². The molecule has 2 rings (SSSR count). The van der Waals surface area contributed by atoms with Crippen molar-refractivity contribution in [3.8, 4) is 5.75 Å². The molecule has 0 aliphatic heterocycles. The molecule has 1 aromatic heterocycles. The summed E-state index contributed by atoms with van der Waals surface area (Å²) in [5.74, 6) is 0.788. The summed E-state index contributed by atoms with van der Waals surface area (Å²) >= 11 is 6.18. The standard InChI is InChI=1S/C14H15ClN2O/c1-10-13(6-4-8-16-10)17-9-11-12(15)5-3-7-14(11)18-2/h3-8,17H,9H2,1-2H3. The minimum absolute atomic E-state index is 0.607. The second kappa shape index (κ2) is 5.74. The molecule has 0 fully saturated rings. The molecular weight excluding hydrogens is 248 g/mol. The van der Waals surface area contributed by atoms with Crippen molar-refractivity contribution < 1.29 is 4.74 Å². The molecule has 0 unspecified atom stereocenters.